The maximum atomic E-state index is 12.6. The molecule has 2 aromatic heterocycles. The van der Waals surface area contributed by atoms with Gasteiger partial charge in [-0.05, 0) is 0 Å². The van der Waals surface area contributed by atoms with E-state index in [2.05, 4.69) is 15.0 Å². The fourth-order valence-corrected chi connectivity index (χ4v) is 1.02. The molecule has 0 aliphatic heterocycles. The molecule has 0 saturated heterocycles. The summed E-state index contributed by atoms with van der Waals surface area (Å²) in [6.45, 7) is 0.304. The molecule has 0 bridgehead atoms. The molecule has 3 N–H and O–H groups in total. The third-order valence-corrected chi connectivity index (χ3v) is 1.55. The van der Waals surface area contributed by atoms with Crippen molar-refractivity contribution >= 4 is 11.2 Å². The van der Waals surface area contributed by atoms with Gasteiger partial charge in [0, 0.05) is 6.07 Å². The number of halogens is 1. The van der Waals surface area contributed by atoms with Crippen molar-refractivity contribution in [1.29, 1.82) is 0 Å². The second-order valence-electron chi connectivity index (χ2n) is 2.41. The average molecular weight is 166 g/mol. The fraction of sp³-hybridized carbons (Fsp3) is 0.143. The van der Waals surface area contributed by atoms with Crippen LogP contribution in [-0.4, -0.2) is 15.0 Å². The first-order chi connectivity index (χ1) is 5.79. The number of imidazole rings is 1. The Kier molecular flexibility index (Phi) is 1.51. The van der Waals surface area contributed by atoms with Gasteiger partial charge in [0.2, 0.25) is 0 Å². The zero-order valence-electron chi connectivity index (χ0n) is 6.21. The molecule has 5 heteroatoms. The number of aromatic amines is 1. The Labute approximate surface area is 67.6 Å². The van der Waals surface area contributed by atoms with Crippen LogP contribution >= 0.6 is 0 Å². The van der Waals surface area contributed by atoms with Gasteiger partial charge in [-0.1, -0.05) is 0 Å². The highest BCUT2D eigenvalue weighted by atomic mass is 19.1. The van der Waals surface area contributed by atoms with E-state index in [9.17, 15) is 4.39 Å². The highest BCUT2D eigenvalue weighted by molar-refractivity contribution is 5.70. The summed E-state index contributed by atoms with van der Waals surface area (Å²) in [6.07, 6.45) is 1.13. The minimum Gasteiger partial charge on any atom is -0.339 e. The Morgan fingerprint density at radius 3 is 3.17 bits per heavy atom. The van der Waals surface area contributed by atoms with Crippen molar-refractivity contribution in [3.63, 3.8) is 0 Å². The quantitative estimate of drug-likeness (QED) is 0.650. The molecule has 2 heterocycles. The first-order valence-corrected chi connectivity index (χ1v) is 3.50. The zero-order chi connectivity index (χ0) is 8.55. The second kappa shape index (κ2) is 2.53. The molecule has 62 valence electrons. The molecule has 0 amide bonds. The van der Waals surface area contributed by atoms with Crippen molar-refractivity contribution in [2.24, 2.45) is 5.73 Å². The lowest BCUT2D eigenvalue weighted by Crippen LogP contribution is -1.97. The van der Waals surface area contributed by atoms with Crippen molar-refractivity contribution in [3.8, 4) is 0 Å². The summed E-state index contributed by atoms with van der Waals surface area (Å²) in [7, 11) is 0. The third kappa shape index (κ3) is 1.04. The molecule has 0 aliphatic rings. The van der Waals surface area contributed by atoms with Crippen LogP contribution in [0.5, 0.6) is 0 Å². The zero-order valence-corrected chi connectivity index (χ0v) is 6.21. The predicted octanol–water partition coefficient (Wildman–Crippen LogP) is 0.556. The number of rotatable bonds is 1. The number of nitrogens with one attached hydrogen (secondary N) is 1. The number of fused-ring (bicyclic) bond motifs is 1. The van der Waals surface area contributed by atoms with E-state index in [1.807, 2.05) is 0 Å². The van der Waals surface area contributed by atoms with Crippen molar-refractivity contribution in [2.75, 3.05) is 0 Å². The normalized spacial score (nSPS) is 10.8. The van der Waals surface area contributed by atoms with E-state index in [-0.39, 0.29) is 5.82 Å². The molecule has 0 aromatic carbocycles. The summed E-state index contributed by atoms with van der Waals surface area (Å²) >= 11 is 0. The largest absolute Gasteiger partial charge is 0.339 e. The van der Waals surface area contributed by atoms with Gasteiger partial charge in [0.25, 0.3) is 0 Å². The number of aromatic nitrogens is 3. The molecule has 0 atom stereocenters. The standard InChI is InChI=1S/C7H7FN4/c8-4-1-5-7(10-3-4)12-6(2-9)11-5/h1,3H,2,9H2,(H,10,11,12). The van der Waals surface area contributed by atoms with Crippen LogP contribution in [0.1, 0.15) is 5.82 Å². The van der Waals surface area contributed by atoms with Crippen LogP contribution in [0, 0.1) is 5.82 Å². The second-order valence-corrected chi connectivity index (χ2v) is 2.41. The summed E-state index contributed by atoms with van der Waals surface area (Å²) in [5, 5.41) is 0. The van der Waals surface area contributed by atoms with Gasteiger partial charge in [0.1, 0.15) is 11.6 Å². The maximum absolute atomic E-state index is 12.6. The van der Waals surface area contributed by atoms with Crippen LogP contribution in [0.4, 0.5) is 4.39 Å². The molecule has 0 fully saturated rings. The maximum Gasteiger partial charge on any atom is 0.177 e. The van der Waals surface area contributed by atoms with E-state index in [0.717, 1.165) is 6.20 Å². The Morgan fingerprint density at radius 1 is 1.58 bits per heavy atom. The van der Waals surface area contributed by atoms with E-state index in [4.69, 9.17) is 5.73 Å². The van der Waals surface area contributed by atoms with E-state index < -0.39 is 0 Å². The van der Waals surface area contributed by atoms with Crippen LogP contribution < -0.4 is 5.73 Å². The van der Waals surface area contributed by atoms with Crippen molar-refractivity contribution in [1.82, 2.24) is 15.0 Å². The van der Waals surface area contributed by atoms with Crippen LogP contribution in [0.25, 0.3) is 11.2 Å². The topological polar surface area (TPSA) is 67.6 Å². The highest BCUT2D eigenvalue weighted by Gasteiger charge is 2.02. The summed E-state index contributed by atoms with van der Waals surface area (Å²) in [5.41, 5.74) is 6.41. The Morgan fingerprint density at radius 2 is 2.42 bits per heavy atom. The molecule has 0 radical (unpaired) electrons. The molecule has 4 nitrogen and oxygen atoms in total. The lowest BCUT2D eigenvalue weighted by atomic mass is 10.4. The molecule has 0 unspecified atom stereocenters. The van der Waals surface area contributed by atoms with E-state index in [1.54, 1.807) is 0 Å². The lowest BCUT2D eigenvalue weighted by Gasteiger charge is -1.85. The number of pyridine rings is 1. The van der Waals surface area contributed by atoms with Crippen LogP contribution in [0.15, 0.2) is 12.3 Å². The van der Waals surface area contributed by atoms with E-state index in [0.29, 0.717) is 23.5 Å². The van der Waals surface area contributed by atoms with Gasteiger partial charge in [-0.15, -0.1) is 0 Å². The number of H-pyrrole nitrogens is 1. The van der Waals surface area contributed by atoms with E-state index >= 15 is 0 Å². The SMILES string of the molecule is NCc1nc2ncc(F)cc2[nH]1. The number of nitrogens with zero attached hydrogens (tertiary/aromatic N) is 2. The van der Waals surface area contributed by atoms with Crippen LogP contribution in [0.3, 0.4) is 0 Å². The summed E-state index contributed by atoms with van der Waals surface area (Å²) in [5.74, 6) is 0.234. The average Bonchev–Trinajstić information content (AvgIpc) is 2.46. The van der Waals surface area contributed by atoms with Crippen molar-refractivity contribution in [2.45, 2.75) is 6.54 Å². The van der Waals surface area contributed by atoms with Crippen LogP contribution in [-0.2, 0) is 6.54 Å². The van der Waals surface area contributed by atoms with Gasteiger partial charge < -0.3 is 10.7 Å². The molecular formula is C7H7FN4. The van der Waals surface area contributed by atoms with Gasteiger partial charge in [-0.3, -0.25) is 0 Å². The fourth-order valence-electron chi connectivity index (χ4n) is 1.02. The molecule has 12 heavy (non-hydrogen) atoms. The number of hydrogen-bond donors (Lipinski definition) is 2. The molecule has 2 rings (SSSR count). The minimum atomic E-state index is -0.380. The first kappa shape index (κ1) is 7.17. The monoisotopic (exact) mass is 166 g/mol. The summed E-state index contributed by atoms with van der Waals surface area (Å²) in [6, 6.07) is 1.34. The minimum absolute atomic E-state index is 0.304. The molecule has 0 saturated carbocycles. The Hall–Kier alpha value is -1.49. The number of nitrogens with two attached hydrogens (primary N) is 1. The first-order valence-electron chi connectivity index (χ1n) is 3.50. The molecular weight excluding hydrogens is 159 g/mol. The predicted molar refractivity (Wildman–Crippen MR) is 41.7 cm³/mol. The Balaban J connectivity index is 2.67. The highest BCUT2D eigenvalue weighted by Crippen LogP contribution is 2.08. The van der Waals surface area contributed by atoms with Crippen molar-refractivity contribution < 1.29 is 4.39 Å². The van der Waals surface area contributed by atoms with Crippen molar-refractivity contribution in [3.05, 3.63) is 23.9 Å². The smallest absolute Gasteiger partial charge is 0.177 e. The van der Waals surface area contributed by atoms with E-state index in [1.165, 1.54) is 6.07 Å². The summed E-state index contributed by atoms with van der Waals surface area (Å²) in [4.78, 5) is 10.6. The van der Waals surface area contributed by atoms with Crippen LogP contribution in [0.2, 0.25) is 0 Å². The molecule has 2 aromatic rings. The summed E-state index contributed by atoms with van der Waals surface area (Å²) < 4.78 is 12.6. The van der Waals surface area contributed by atoms with Gasteiger partial charge in [-0.2, -0.15) is 0 Å². The lowest BCUT2D eigenvalue weighted by molar-refractivity contribution is 0.624. The number of hydrogen-bond acceptors (Lipinski definition) is 3. The van der Waals surface area contributed by atoms with Gasteiger partial charge >= 0.3 is 0 Å². The Bertz CT molecular complexity index is 409. The van der Waals surface area contributed by atoms with Gasteiger partial charge in [0.05, 0.1) is 18.3 Å². The molecule has 0 spiro atoms. The van der Waals surface area contributed by atoms with Gasteiger partial charge in [0.15, 0.2) is 5.65 Å². The third-order valence-electron chi connectivity index (χ3n) is 1.55. The van der Waals surface area contributed by atoms with Gasteiger partial charge in [-0.25, -0.2) is 14.4 Å². The molecule has 0 aliphatic carbocycles.